The van der Waals surface area contributed by atoms with E-state index in [1.807, 2.05) is 13.1 Å². The average molecular weight is 321 g/mol. The summed E-state index contributed by atoms with van der Waals surface area (Å²) in [6.07, 6.45) is 16.0. The maximum Gasteiger partial charge on any atom is 0.0104 e. The largest absolute Gasteiger partial charge is 0.318 e. The van der Waals surface area contributed by atoms with Crippen molar-refractivity contribution in [3.05, 3.63) is 12.2 Å². The average Bonchev–Trinajstić information content (AvgIpc) is 2.56. The molecule has 0 aliphatic rings. The van der Waals surface area contributed by atoms with Gasteiger partial charge in [-0.25, -0.2) is 0 Å². The van der Waals surface area contributed by atoms with Gasteiger partial charge < -0.3 is 10.2 Å². The Kier molecular flexibility index (Phi) is 17.0. The van der Waals surface area contributed by atoms with Crippen LogP contribution in [-0.2, 0) is 0 Å². The van der Waals surface area contributed by atoms with Gasteiger partial charge in [-0.05, 0) is 45.5 Å². The highest BCUT2D eigenvalue weighted by atomic mass is 15.1. The fourth-order valence-corrected chi connectivity index (χ4v) is 2.37. The molecule has 0 aliphatic carbocycles. The number of hydrogen-bond acceptors (Lipinski definition) is 2. The van der Waals surface area contributed by atoms with Crippen LogP contribution < -0.4 is 5.32 Å². The summed E-state index contributed by atoms with van der Waals surface area (Å²) < 4.78 is 0. The fraction of sp³-hybridized carbons (Fsp3) is 0.810. The van der Waals surface area contributed by atoms with Crippen molar-refractivity contribution in [3.63, 3.8) is 0 Å². The van der Waals surface area contributed by atoms with E-state index in [1.54, 1.807) is 0 Å². The molecule has 2 nitrogen and oxygen atoms in total. The van der Waals surface area contributed by atoms with Crippen LogP contribution in [0.3, 0.4) is 0 Å². The van der Waals surface area contributed by atoms with E-state index in [0.717, 1.165) is 19.5 Å². The lowest BCUT2D eigenvalue weighted by Gasteiger charge is -2.15. The second-order valence-electron chi connectivity index (χ2n) is 6.70. The van der Waals surface area contributed by atoms with E-state index in [-0.39, 0.29) is 0 Å². The van der Waals surface area contributed by atoms with Crippen LogP contribution in [-0.4, -0.2) is 38.6 Å². The Labute approximate surface area is 146 Å². The number of unbranched alkanes of at least 4 members (excludes halogenated alkanes) is 7. The summed E-state index contributed by atoms with van der Waals surface area (Å²) >= 11 is 0. The van der Waals surface area contributed by atoms with E-state index < -0.39 is 0 Å². The molecule has 0 rings (SSSR count). The van der Waals surface area contributed by atoms with Crippen LogP contribution >= 0.6 is 0 Å². The number of hydrogen-bond donors (Lipinski definition) is 1. The van der Waals surface area contributed by atoms with E-state index in [9.17, 15) is 0 Å². The molecule has 0 aliphatic heterocycles. The molecule has 134 valence electrons. The molecule has 0 amide bonds. The van der Waals surface area contributed by atoms with E-state index in [0.29, 0.717) is 5.92 Å². The first kappa shape index (κ1) is 22.2. The summed E-state index contributed by atoms with van der Waals surface area (Å²) in [5.41, 5.74) is 0. The van der Waals surface area contributed by atoms with Gasteiger partial charge in [-0.1, -0.05) is 70.3 Å². The minimum absolute atomic E-state index is 0.660. The highest BCUT2D eigenvalue weighted by Crippen LogP contribution is 2.08. The molecule has 0 aromatic rings. The molecule has 0 spiro atoms. The van der Waals surface area contributed by atoms with Gasteiger partial charge in [0, 0.05) is 19.5 Å². The van der Waals surface area contributed by atoms with Gasteiger partial charge in [0.25, 0.3) is 0 Å². The van der Waals surface area contributed by atoms with Crippen LogP contribution in [0.4, 0.5) is 0 Å². The first-order chi connectivity index (χ1) is 11.2. The predicted octanol–water partition coefficient (Wildman–Crippen LogP) is 4.86. The van der Waals surface area contributed by atoms with Gasteiger partial charge in [-0.3, -0.25) is 0 Å². The Morgan fingerprint density at radius 3 is 2.30 bits per heavy atom. The zero-order chi connectivity index (χ0) is 17.2. The number of nitrogens with one attached hydrogen (secondary N) is 1. The van der Waals surface area contributed by atoms with Crippen molar-refractivity contribution in [2.75, 3.05) is 33.7 Å². The monoisotopic (exact) mass is 320 g/mol. The molecule has 0 radical (unpaired) electrons. The molecule has 0 saturated heterocycles. The molecule has 2 heteroatoms. The Morgan fingerprint density at radius 2 is 1.65 bits per heavy atom. The van der Waals surface area contributed by atoms with Gasteiger partial charge in [0.1, 0.15) is 0 Å². The number of nitrogens with zero attached hydrogens (tertiary/aromatic N) is 1. The Morgan fingerprint density at radius 1 is 1.00 bits per heavy atom. The topological polar surface area (TPSA) is 15.3 Å². The van der Waals surface area contributed by atoms with Crippen molar-refractivity contribution in [2.24, 2.45) is 5.92 Å². The molecular weight excluding hydrogens is 280 g/mol. The van der Waals surface area contributed by atoms with Crippen molar-refractivity contribution in [1.29, 1.82) is 0 Å². The molecule has 0 aromatic heterocycles. The highest BCUT2D eigenvalue weighted by molar-refractivity contribution is 5.15. The van der Waals surface area contributed by atoms with Crippen LogP contribution in [0.2, 0.25) is 0 Å². The van der Waals surface area contributed by atoms with Crippen molar-refractivity contribution in [1.82, 2.24) is 10.2 Å². The minimum Gasteiger partial charge on any atom is -0.318 e. The molecule has 0 unspecified atom stereocenters. The lowest BCUT2D eigenvalue weighted by molar-refractivity contribution is 0.325. The van der Waals surface area contributed by atoms with E-state index in [1.165, 1.54) is 57.9 Å². The van der Waals surface area contributed by atoms with E-state index in [2.05, 4.69) is 49.0 Å². The molecule has 0 aromatic carbocycles. The van der Waals surface area contributed by atoms with Crippen LogP contribution in [0, 0.1) is 17.8 Å². The van der Waals surface area contributed by atoms with Gasteiger partial charge in [0.05, 0.1) is 0 Å². The number of likely N-dealkylation sites (N-methyl/N-ethyl adjacent to an activating group) is 2. The normalized spacial score (nSPS) is 12.6. The molecule has 0 fully saturated rings. The van der Waals surface area contributed by atoms with Crippen molar-refractivity contribution >= 4 is 0 Å². The third-order valence-electron chi connectivity index (χ3n) is 4.34. The Hall–Kier alpha value is -0.780. The third kappa shape index (κ3) is 17.4. The van der Waals surface area contributed by atoms with Gasteiger partial charge in [-0.15, -0.1) is 0 Å². The number of rotatable bonds is 14. The second-order valence-corrected chi connectivity index (χ2v) is 6.70. The summed E-state index contributed by atoms with van der Waals surface area (Å²) in [5.74, 6) is 7.07. The zero-order valence-corrected chi connectivity index (χ0v) is 16.2. The molecule has 0 saturated carbocycles. The quantitative estimate of drug-likeness (QED) is 0.363. The third-order valence-corrected chi connectivity index (χ3v) is 4.34. The van der Waals surface area contributed by atoms with E-state index >= 15 is 0 Å². The lowest BCUT2D eigenvalue weighted by Crippen LogP contribution is -2.28. The van der Waals surface area contributed by atoms with Gasteiger partial charge >= 0.3 is 0 Å². The summed E-state index contributed by atoms with van der Waals surface area (Å²) in [6, 6.07) is 0. The summed E-state index contributed by atoms with van der Waals surface area (Å²) in [6.45, 7) is 7.93. The SMILES string of the molecule is CC[C@@H](C)/C=C\C#CCCCCCCCCCN(C)CCNC. The molecular formula is C21H40N2. The maximum atomic E-state index is 3.26. The number of allylic oxidation sites excluding steroid dienone is 2. The fourth-order valence-electron chi connectivity index (χ4n) is 2.37. The standard InChI is InChI=1S/C21H40N2/c1-5-21(2)17-15-13-11-9-7-6-8-10-12-14-16-19-23(4)20-18-22-3/h15,17,21-22H,5-10,12,14,16,18-20H2,1-4H3/b17-15-/t21-/m1/s1. The Balaban J connectivity index is 3.28. The molecule has 1 N–H and O–H groups in total. The summed E-state index contributed by atoms with van der Waals surface area (Å²) in [5, 5.41) is 3.20. The molecule has 1 atom stereocenters. The minimum atomic E-state index is 0.660. The first-order valence-corrected chi connectivity index (χ1v) is 9.68. The molecule has 0 bridgehead atoms. The van der Waals surface area contributed by atoms with Crippen molar-refractivity contribution in [3.8, 4) is 11.8 Å². The van der Waals surface area contributed by atoms with Crippen molar-refractivity contribution in [2.45, 2.75) is 71.6 Å². The first-order valence-electron chi connectivity index (χ1n) is 9.68. The predicted molar refractivity (Wildman–Crippen MR) is 105 cm³/mol. The van der Waals surface area contributed by atoms with Crippen LogP contribution in [0.5, 0.6) is 0 Å². The van der Waals surface area contributed by atoms with Gasteiger partial charge in [0.15, 0.2) is 0 Å². The van der Waals surface area contributed by atoms with Crippen LogP contribution in [0.15, 0.2) is 12.2 Å². The van der Waals surface area contributed by atoms with Crippen LogP contribution in [0.1, 0.15) is 71.6 Å². The molecule has 0 heterocycles. The summed E-state index contributed by atoms with van der Waals surface area (Å²) in [4.78, 5) is 2.42. The van der Waals surface area contributed by atoms with Crippen LogP contribution in [0.25, 0.3) is 0 Å². The lowest BCUT2D eigenvalue weighted by atomic mass is 10.1. The smallest absolute Gasteiger partial charge is 0.0104 e. The second kappa shape index (κ2) is 17.6. The Bertz CT molecular complexity index is 324. The summed E-state index contributed by atoms with van der Waals surface area (Å²) in [7, 11) is 4.24. The van der Waals surface area contributed by atoms with Gasteiger partial charge in [0.2, 0.25) is 0 Å². The van der Waals surface area contributed by atoms with Crippen molar-refractivity contribution < 1.29 is 0 Å². The van der Waals surface area contributed by atoms with E-state index in [4.69, 9.17) is 0 Å². The maximum absolute atomic E-state index is 3.26. The molecule has 23 heavy (non-hydrogen) atoms. The zero-order valence-electron chi connectivity index (χ0n) is 16.2. The highest BCUT2D eigenvalue weighted by Gasteiger charge is 1.97. The van der Waals surface area contributed by atoms with Gasteiger partial charge in [-0.2, -0.15) is 0 Å².